The zero-order valence-electron chi connectivity index (χ0n) is 17.9. The maximum atomic E-state index is 10.7. The standard InChI is InChI=1S/C22H28N4O6/c27-25(28)19-3-7-21(8-4-19)31-17-1-11-23-13-15-24(16-14-23)12-2-18-32-22-9-5-20(6-10-22)26(29)30/h3-10H,1-2,11-18H2. The number of nitrogens with zero attached hydrogens (tertiary/aromatic N) is 4. The van der Waals surface area contributed by atoms with Gasteiger partial charge in [-0.15, -0.1) is 0 Å². The number of nitro benzene ring substituents is 2. The van der Waals surface area contributed by atoms with Crippen molar-refractivity contribution in [2.45, 2.75) is 12.8 Å². The highest BCUT2D eigenvalue weighted by molar-refractivity contribution is 5.36. The normalized spacial score (nSPS) is 14.8. The van der Waals surface area contributed by atoms with Gasteiger partial charge in [-0.05, 0) is 37.1 Å². The second kappa shape index (κ2) is 12.0. The number of non-ortho nitro benzene ring substituents is 2. The Bertz CT molecular complexity index is 793. The molecule has 0 unspecified atom stereocenters. The maximum absolute atomic E-state index is 10.7. The van der Waals surface area contributed by atoms with Gasteiger partial charge in [0.2, 0.25) is 0 Å². The summed E-state index contributed by atoms with van der Waals surface area (Å²) in [6.07, 6.45) is 1.81. The first kappa shape index (κ1) is 23.4. The van der Waals surface area contributed by atoms with Crippen LogP contribution < -0.4 is 9.47 Å². The molecule has 10 nitrogen and oxygen atoms in total. The number of ether oxygens (including phenoxy) is 2. The van der Waals surface area contributed by atoms with E-state index in [1.54, 1.807) is 24.3 Å². The van der Waals surface area contributed by atoms with Gasteiger partial charge >= 0.3 is 0 Å². The molecule has 32 heavy (non-hydrogen) atoms. The van der Waals surface area contributed by atoms with Gasteiger partial charge in [0.25, 0.3) is 11.4 Å². The number of hydrogen-bond donors (Lipinski definition) is 0. The van der Waals surface area contributed by atoms with Gasteiger partial charge in [0.05, 0.1) is 23.1 Å². The van der Waals surface area contributed by atoms with Crippen molar-refractivity contribution in [2.24, 2.45) is 0 Å². The predicted octanol–water partition coefficient (Wildman–Crippen LogP) is 3.36. The molecule has 0 N–H and O–H groups in total. The van der Waals surface area contributed by atoms with Crippen LogP contribution in [0, 0.1) is 20.2 Å². The minimum absolute atomic E-state index is 0.0631. The Balaban J connectivity index is 1.23. The SMILES string of the molecule is O=[N+]([O-])c1ccc(OCCCN2CCN(CCCOc3ccc([N+](=O)[O-])cc3)CC2)cc1. The number of benzene rings is 2. The van der Waals surface area contributed by atoms with E-state index in [-0.39, 0.29) is 11.4 Å². The monoisotopic (exact) mass is 444 g/mol. The molecule has 2 aromatic carbocycles. The van der Waals surface area contributed by atoms with Gasteiger partial charge in [0.1, 0.15) is 11.5 Å². The molecule has 0 aliphatic carbocycles. The first-order valence-corrected chi connectivity index (χ1v) is 10.7. The lowest BCUT2D eigenvalue weighted by atomic mass is 10.2. The van der Waals surface area contributed by atoms with Crippen molar-refractivity contribution < 1.29 is 19.3 Å². The molecule has 1 aliphatic rings. The summed E-state index contributed by atoms with van der Waals surface area (Å²) >= 11 is 0. The van der Waals surface area contributed by atoms with Gasteiger partial charge in [-0.25, -0.2) is 0 Å². The highest BCUT2D eigenvalue weighted by Crippen LogP contribution is 2.18. The van der Waals surface area contributed by atoms with Crippen molar-refractivity contribution in [3.63, 3.8) is 0 Å². The second-order valence-electron chi connectivity index (χ2n) is 7.59. The molecule has 172 valence electrons. The van der Waals surface area contributed by atoms with Crippen molar-refractivity contribution >= 4 is 11.4 Å². The Morgan fingerprint density at radius 3 is 1.31 bits per heavy atom. The zero-order valence-corrected chi connectivity index (χ0v) is 17.9. The minimum Gasteiger partial charge on any atom is -0.494 e. The lowest BCUT2D eigenvalue weighted by Crippen LogP contribution is -2.47. The van der Waals surface area contributed by atoms with Crippen LogP contribution in [0.5, 0.6) is 11.5 Å². The van der Waals surface area contributed by atoms with Gasteiger partial charge in [-0.2, -0.15) is 0 Å². The molecular weight excluding hydrogens is 416 g/mol. The topological polar surface area (TPSA) is 111 Å². The summed E-state index contributed by atoms with van der Waals surface area (Å²) in [6, 6.07) is 12.3. The van der Waals surface area contributed by atoms with E-state index < -0.39 is 9.85 Å². The molecule has 1 saturated heterocycles. The summed E-state index contributed by atoms with van der Waals surface area (Å²) in [4.78, 5) is 25.3. The van der Waals surface area contributed by atoms with Crippen LogP contribution in [-0.2, 0) is 0 Å². The highest BCUT2D eigenvalue weighted by Gasteiger charge is 2.16. The van der Waals surface area contributed by atoms with Crippen LogP contribution in [-0.4, -0.2) is 72.1 Å². The molecule has 3 rings (SSSR count). The smallest absolute Gasteiger partial charge is 0.269 e. The third kappa shape index (κ3) is 7.47. The fraction of sp³-hybridized carbons (Fsp3) is 0.455. The third-order valence-electron chi connectivity index (χ3n) is 5.33. The first-order chi connectivity index (χ1) is 15.5. The van der Waals surface area contributed by atoms with Crippen LogP contribution >= 0.6 is 0 Å². The molecule has 10 heteroatoms. The molecule has 2 aromatic rings. The molecule has 0 spiro atoms. The van der Waals surface area contributed by atoms with E-state index in [1.165, 1.54) is 24.3 Å². The van der Waals surface area contributed by atoms with Crippen molar-refractivity contribution in [1.82, 2.24) is 9.80 Å². The van der Waals surface area contributed by atoms with E-state index in [0.29, 0.717) is 24.7 Å². The minimum atomic E-state index is -0.421. The van der Waals surface area contributed by atoms with Crippen molar-refractivity contribution in [3.05, 3.63) is 68.8 Å². The first-order valence-electron chi connectivity index (χ1n) is 10.7. The number of nitro groups is 2. The summed E-state index contributed by atoms with van der Waals surface area (Å²) in [6.45, 7) is 7.15. The van der Waals surface area contributed by atoms with Crippen LogP contribution in [0.3, 0.4) is 0 Å². The van der Waals surface area contributed by atoms with Gasteiger partial charge in [-0.1, -0.05) is 0 Å². The Hall–Kier alpha value is -3.24. The number of rotatable bonds is 12. The van der Waals surface area contributed by atoms with Gasteiger partial charge < -0.3 is 19.3 Å². The van der Waals surface area contributed by atoms with Crippen molar-refractivity contribution in [1.29, 1.82) is 0 Å². The van der Waals surface area contributed by atoms with Crippen LogP contribution in [0.15, 0.2) is 48.5 Å². The fourth-order valence-electron chi connectivity index (χ4n) is 3.52. The Morgan fingerprint density at radius 1 is 0.656 bits per heavy atom. The van der Waals surface area contributed by atoms with E-state index >= 15 is 0 Å². The fourth-order valence-corrected chi connectivity index (χ4v) is 3.52. The average Bonchev–Trinajstić information content (AvgIpc) is 2.81. The van der Waals surface area contributed by atoms with Gasteiger partial charge in [0.15, 0.2) is 0 Å². The Labute approximate surface area is 186 Å². The summed E-state index contributed by atoms with van der Waals surface area (Å²) in [5.74, 6) is 1.30. The van der Waals surface area contributed by atoms with E-state index in [0.717, 1.165) is 52.1 Å². The number of hydrogen-bond acceptors (Lipinski definition) is 8. The van der Waals surface area contributed by atoms with Crippen molar-refractivity contribution in [3.8, 4) is 11.5 Å². The molecule has 1 fully saturated rings. The Kier molecular flexibility index (Phi) is 8.76. The molecule has 0 atom stereocenters. The molecule has 0 bridgehead atoms. The summed E-state index contributed by atoms with van der Waals surface area (Å²) in [5, 5.41) is 21.3. The molecule has 0 saturated carbocycles. The van der Waals surface area contributed by atoms with E-state index in [9.17, 15) is 20.2 Å². The maximum Gasteiger partial charge on any atom is 0.269 e. The lowest BCUT2D eigenvalue weighted by Gasteiger charge is -2.34. The lowest BCUT2D eigenvalue weighted by molar-refractivity contribution is -0.385. The van der Waals surface area contributed by atoms with Crippen LogP contribution in [0.1, 0.15) is 12.8 Å². The molecular formula is C22H28N4O6. The molecule has 0 radical (unpaired) electrons. The van der Waals surface area contributed by atoms with Gasteiger partial charge in [-0.3, -0.25) is 20.2 Å². The van der Waals surface area contributed by atoms with E-state index in [1.807, 2.05) is 0 Å². The Morgan fingerprint density at radius 2 is 1.00 bits per heavy atom. The van der Waals surface area contributed by atoms with Crippen LogP contribution in [0.2, 0.25) is 0 Å². The largest absolute Gasteiger partial charge is 0.494 e. The zero-order chi connectivity index (χ0) is 22.8. The predicted molar refractivity (Wildman–Crippen MR) is 119 cm³/mol. The summed E-state index contributed by atoms with van der Waals surface area (Å²) in [5.41, 5.74) is 0.126. The molecule has 1 heterocycles. The second-order valence-corrected chi connectivity index (χ2v) is 7.59. The quantitative estimate of drug-likeness (QED) is 0.278. The third-order valence-corrected chi connectivity index (χ3v) is 5.33. The molecule has 1 aliphatic heterocycles. The molecule has 0 aromatic heterocycles. The highest BCUT2D eigenvalue weighted by atomic mass is 16.6. The van der Waals surface area contributed by atoms with E-state index in [2.05, 4.69) is 9.80 Å². The summed E-state index contributed by atoms with van der Waals surface area (Å²) < 4.78 is 11.3. The van der Waals surface area contributed by atoms with E-state index in [4.69, 9.17) is 9.47 Å². The van der Waals surface area contributed by atoms with Crippen molar-refractivity contribution in [2.75, 3.05) is 52.5 Å². The summed E-state index contributed by atoms with van der Waals surface area (Å²) in [7, 11) is 0. The number of piperazine rings is 1. The average molecular weight is 444 g/mol. The van der Waals surface area contributed by atoms with Crippen LogP contribution in [0.4, 0.5) is 11.4 Å². The van der Waals surface area contributed by atoms with Gasteiger partial charge in [0, 0.05) is 63.5 Å². The molecule has 0 amide bonds. The van der Waals surface area contributed by atoms with Crippen LogP contribution in [0.25, 0.3) is 0 Å².